The fraction of sp³-hybridized carbons (Fsp3) is 0.750. The van der Waals surface area contributed by atoms with Crippen molar-refractivity contribution in [2.24, 2.45) is 17.8 Å². The summed E-state index contributed by atoms with van der Waals surface area (Å²) in [6.07, 6.45) is 3.47. The number of fused-ring (bicyclic) bond motifs is 1. The molecule has 1 heteroatoms. The molecule has 1 aromatic rings. The quantitative estimate of drug-likeness (QED) is 0.605. The molecule has 1 nitrogen and oxygen atoms in total. The Morgan fingerprint density at radius 1 is 1.05 bits per heavy atom. The van der Waals surface area contributed by atoms with E-state index < -0.39 is 0 Å². The van der Waals surface area contributed by atoms with E-state index in [0.29, 0.717) is 23.7 Å². The summed E-state index contributed by atoms with van der Waals surface area (Å²) in [4.78, 5) is 4.76. The molecule has 0 spiro atoms. The third-order valence-corrected chi connectivity index (χ3v) is 5.95. The summed E-state index contributed by atoms with van der Waals surface area (Å²) < 4.78 is 0. The van der Waals surface area contributed by atoms with Crippen LogP contribution in [0.1, 0.15) is 95.0 Å². The molecule has 21 heavy (non-hydrogen) atoms. The fourth-order valence-corrected chi connectivity index (χ4v) is 4.20. The molecular weight excluding hydrogens is 254 g/mol. The highest BCUT2D eigenvalue weighted by molar-refractivity contribution is 5.44. The number of nitrogens with zero attached hydrogens (tertiary/aromatic N) is 1. The lowest BCUT2D eigenvalue weighted by Crippen LogP contribution is -2.15. The van der Waals surface area contributed by atoms with Crippen molar-refractivity contribution in [1.82, 2.24) is 4.98 Å². The average Bonchev–Trinajstić information content (AvgIpc) is 2.50. The minimum atomic E-state index is 0.559. The van der Waals surface area contributed by atoms with Gasteiger partial charge in [0.2, 0.25) is 0 Å². The molecule has 0 amide bonds. The largest absolute Gasteiger partial charge is 0.261 e. The van der Waals surface area contributed by atoms with Gasteiger partial charge in [0.1, 0.15) is 0 Å². The van der Waals surface area contributed by atoms with Gasteiger partial charge in [0.05, 0.1) is 0 Å². The molecule has 4 atom stereocenters. The highest BCUT2D eigenvalue weighted by Gasteiger charge is 2.35. The van der Waals surface area contributed by atoms with Gasteiger partial charge in [-0.2, -0.15) is 0 Å². The Bertz CT molecular complexity index is 501. The van der Waals surface area contributed by atoms with E-state index in [2.05, 4.69) is 61.6 Å². The first-order valence-electron chi connectivity index (χ1n) is 8.74. The molecule has 1 unspecified atom stereocenters. The van der Waals surface area contributed by atoms with Crippen molar-refractivity contribution >= 4 is 0 Å². The van der Waals surface area contributed by atoms with Gasteiger partial charge >= 0.3 is 0 Å². The van der Waals surface area contributed by atoms with E-state index in [1.54, 1.807) is 11.1 Å². The molecule has 1 aliphatic rings. The molecule has 0 aliphatic heterocycles. The average molecular weight is 287 g/mol. The topological polar surface area (TPSA) is 12.9 Å². The van der Waals surface area contributed by atoms with Gasteiger partial charge in [0.15, 0.2) is 0 Å². The summed E-state index contributed by atoms with van der Waals surface area (Å²) in [6, 6.07) is 0. The third kappa shape index (κ3) is 2.89. The molecule has 1 heterocycles. The first kappa shape index (κ1) is 16.5. The zero-order valence-electron chi connectivity index (χ0n) is 15.2. The Hall–Kier alpha value is -0.850. The number of hydrogen-bond acceptors (Lipinski definition) is 1. The van der Waals surface area contributed by atoms with Crippen LogP contribution in [-0.4, -0.2) is 4.98 Å². The lowest BCUT2D eigenvalue weighted by molar-refractivity contribution is 0.298. The smallest absolute Gasteiger partial charge is 0.0410 e. The van der Waals surface area contributed by atoms with Crippen LogP contribution in [0.15, 0.2) is 6.20 Å². The van der Waals surface area contributed by atoms with Crippen molar-refractivity contribution in [3.63, 3.8) is 0 Å². The van der Waals surface area contributed by atoms with Crippen LogP contribution < -0.4 is 0 Å². The highest BCUT2D eigenvalue weighted by atomic mass is 14.7. The Kier molecular flexibility index (Phi) is 4.80. The second-order valence-electron chi connectivity index (χ2n) is 7.99. The molecule has 2 rings (SSSR count). The molecule has 0 radical (unpaired) electrons. The molecule has 1 aromatic heterocycles. The maximum atomic E-state index is 4.76. The first-order valence-corrected chi connectivity index (χ1v) is 8.74. The van der Waals surface area contributed by atoms with Crippen molar-refractivity contribution in [3.05, 3.63) is 28.6 Å². The SMILES string of the molecule is Cc1ncc(C(C)C)c2c1[C@H](C)[C@H](C)[C@H](C)CC2C(C)C. The van der Waals surface area contributed by atoms with E-state index in [4.69, 9.17) is 4.98 Å². The standard InChI is InChI=1S/C20H33N/c1-11(2)17-9-13(5)14(6)15(7)19-16(8)21-10-18(12(3)4)20(17)19/h10-15,17H,9H2,1-8H3/t13-,14-,15-,17?/m1/s1. The van der Waals surface area contributed by atoms with Gasteiger partial charge in [0.25, 0.3) is 0 Å². The van der Waals surface area contributed by atoms with Crippen LogP contribution in [0.4, 0.5) is 0 Å². The zero-order valence-corrected chi connectivity index (χ0v) is 15.2. The minimum absolute atomic E-state index is 0.559. The molecule has 0 aromatic carbocycles. The van der Waals surface area contributed by atoms with E-state index in [1.165, 1.54) is 17.7 Å². The Labute approximate surface area is 131 Å². The zero-order chi connectivity index (χ0) is 15.9. The third-order valence-electron chi connectivity index (χ3n) is 5.95. The van der Waals surface area contributed by atoms with Gasteiger partial charge in [-0.15, -0.1) is 0 Å². The first-order chi connectivity index (χ1) is 9.75. The Morgan fingerprint density at radius 3 is 2.19 bits per heavy atom. The Morgan fingerprint density at radius 2 is 1.67 bits per heavy atom. The van der Waals surface area contributed by atoms with Crippen LogP contribution in [0, 0.1) is 24.7 Å². The van der Waals surface area contributed by atoms with Gasteiger partial charge in [-0.05, 0) is 65.5 Å². The fourth-order valence-electron chi connectivity index (χ4n) is 4.20. The van der Waals surface area contributed by atoms with Gasteiger partial charge < -0.3 is 0 Å². The van der Waals surface area contributed by atoms with Gasteiger partial charge in [0, 0.05) is 11.9 Å². The monoisotopic (exact) mass is 287 g/mol. The van der Waals surface area contributed by atoms with E-state index in [0.717, 1.165) is 11.8 Å². The van der Waals surface area contributed by atoms with Gasteiger partial charge in [-0.25, -0.2) is 0 Å². The van der Waals surface area contributed by atoms with E-state index in [9.17, 15) is 0 Å². The summed E-state index contributed by atoms with van der Waals surface area (Å²) in [5.74, 6) is 4.06. The molecule has 0 saturated carbocycles. The van der Waals surface area contributed by atoms with Crippen LogP contribution in [-0.2, 0) is 0 Å². The maximum Gasteiger partial charge on any atom is 0.0410 e. The van der Waals surface area contributed by atoms with Crippen LogP contribution >= 0.6 is 0 Å². The number of rotatable bonds is 2. The van der Waals surface area contributed by atoms with E-state index >= 15 is 0 Å². The normalized spacial score (nSPS) is 29.6. The second-order valence-corrected chi connectivity index (χ2v) is 7.99. The number of aromatic nitrogens is 1. The van der Waals surface area contributed by atoms with Crippen molar-refractivity contribution in [3.8, 4) is 0 Å². The second kappa shape index (κ2) is 6.10. The molecule has 118 valence electrons. The van der Waals surface area contributed by atoms with Crippen molar-refractivity contribution in [2.75, 3.05) is 0 Å². The number of pyridine rings is 1. The van der Waals surface area contributed by atoms with Crippen molar-refractivity contribution in [1.29, 1.82) is 0 Å². The predicted octanol–water partition coefficient (Wildman–Crippen LogP) is 6.03. The lowest BCUT2D eigenvalue weighted by atomic mass is 9.77. The van der Waals surface area contributed by atoms with Crippen LogP contribution in [0.3, 0.4) is 0 Å². The number of hydrogen-bond donors (Lipinski definition) is 0. The summed E-state index contributed by atoms with van der Waals surface area (Å²) in [5.41, 5.74) is 5.96. The highest BCUT2D eigenvalue weighted by Crippen LogP contribution is 2.48. The molecule has 1 aliphatic carbocycles. The van der Waals surface area contributed by atoms with Gasteiger partial charge in [-0.3, -0.25) is 4.98 Å². The molecule has 0 saturated heterocycles. The summed E-state index contributed by atoms with van der Waals surface area (Å²) in [5, 5.41) is 0. The van der Waals surface area contributed by atoms with E-state index in [1.807, 2.05) is 0 Å². The molecule has 0 N–H and O–H groups in total. The predicted molar refractivity (Wildman–Crippen MR) is 92.0 cm³/mol. The van der Waals surface area contributed by atoms with Crippen molar-refractivity contribution < 1.29 is 0 Å². The van der Waals surface area contributed by atoms with Crippen LogP contribution in [0.5, 0.6) is 0 Å². The summed E-state index contributed by atoms with van der Waals surface area (Å²) >= 11 is 0. The number of aryl methyl sites for hydroxylation is 1. The Balaban J connectivity index is 2.74. The molecule has 0 bridgehead atoms. The van der Waals surface area contributed by atoms with E-state index in [-0.39, 0.29) is 0 Å². The lowest BCUT2D eigenvalue weighted by Gasteiger charge is -2.28. The molecule has 0 fully saturated rings. The van der Waals surface area contributed by atoms with Crippen LogP contribution in [0.2, 0.25) is 0 Å². The van der Waals surface area contributed by atoms with Crippen LogP contribution in [0.25, 0.3) is 0 Å². The summed E-state index contributed by atoms with van der Waals surface area (Å²) in [6.45, 7) is 18.9. The van der Waals surface area contributed by atoms with Gasteiger partial charge in [-0.1, -0.05) is 48.5 Å². The van der Waals surface area contributed by atoms with Crippen molar-refractivity contribution in [2.45, 2.75) is 79.6 Å². The molecular formula is C20H33N. The minimum Gasteiger partial charge on any atom is -0.261 e. The maximum absolute atomic E-state index is 4.76. The summed E-state index contributed by atoms with van der Waals surface area (Å²) in [7, 11) is 0.